The number of likely N-dealkylation sites (N-methyl/N-ethyl adjacent to an activating group) is 1. The minimum atomic E-state index is -3.76. The van der Waals surface area contributed by atoms with Gasteiger partial charge in [0, 0.05) is 51.4 Å². The topological polar surface area (TPSA) is 86.5 Å². The Morgan fingerprint density at radius 1 is 1.00 bits per heavy atom. The molecule has 3 aliphatic rings. The lowest BCUT2D eigenvalue weighted by Crippen LogP contribution is -2.52. The molecule has 0 radical (unpaired) electrons. The summed E-state index contributed by atoms with van der Waals surface area (Å²) in [5.74, 6) is 1.08. The van der Waals surface area contributed by atoms with Crippen LogP contribution in [0.4, 0.5) is 0 Å². The number of likely N-dealkylation sites (tertiary alicyclic amines) is 1. The van der Waals surface area contributed by atoms with Gasteiger partial charge in [0.15, 0.2) is 0 Å². The molecule has 0 unspecified atom stereocenters. The summed E-state index contributed by atoms with van der Waals surface area (Å²) in [7, 11) is -0.0206. The zero-order valence-electron chi connectivity index (χ0n) is 23.0. The highest BCUT2D eigenvalue weighted by atomic mass is 32.2. The number of benzene rings is 1. The normalized spacial score (nSPS) is 20.3. The van der Waals surface area contributed by atoms with E-state index in [9.17, 15) is 13.2 Å². The Morgan fingerprint density at radius 2 is 1.63 bits per heavy atom. The highest BCUT2D eigenvalue weighted by molar-refractivity contribution is 7.89. The smallest absolute Gasteiger partial charge is 0.257 e. The van der Waals surface area contributed by atoms with E-state index in [1.165, 1.54) is 10.6 Å². The van der Waals surface area contributed by atoms with E-state index < -0.39 is 10.0 Å². The van der Waals surface area contributed by atoms with Gasteiger partial charge in [-0.2, -0.15) is 4.31 Å². The van der Waals surface area contributed by atoms with Crippen LogP contribution in [0.3, 0.4) is 0 Å². The largest absolute Gasteiger partial charge is 0.497 e. The summed E-state index contributed by atoms with van der Waals surface area (Å²) in [5, 5.41) is 0. The number of furan rings is 1. The molecule has 0 N–H and O–H groups in total. The number of piperazine rings is 1. The lowest BCUT2D eigenvalue weighted by atomic mass is 10.0. The quantitative estimate of drug-likeness (QED) is 0.505. The molecular formula is C28H40N4O5S. The predicted octanol–water partition coefficient (Wildman–Crippen LogP) is 3.11. The van der Waals surface area contributed by atoms with E-state index in [-0.39, 0.29) is 18.5 Å². The van der Waals surface area contributed by atoms with Crippen LogP contribution in [0.15, 0.2) is 33.8 Å². The average molecular weight is 545 g/mol. The second-order valence-electron chi connectivity index (χ2n) is 11.0. The van der Waals surface area contributed by atoms with Gasteiger partial charge >= 0.3 is 0 Å². The fraction of sp³-hybridized carbons (Fsp3) is 0.607. The number of nitrogens with zero attached hydrogens (tertiary/aromatic N) is 4. The van der Waals surface area contributed by atoms with E-state index >= 15 is 0 Å². The maximum absolute atomic E-state index is 13.8. The molecule has 0 spiro atoms. The van der Waals surface area contributed by atoms with Crippen molar-refractivity contribution in [3.63, 3.8) is 0 Å². The van der Waals surface area contributed by atoms with Gasteiger partial charge in [-0.05, 0) is 75.9 Å². The van der Waals surface area contributed by atoms with Crippen LogP contribution in [0.25, 0.3) is 0 Å². The molecule has 0 bridgehead atoms. The third kappa shape index (κ3) is 5.64. The summed E-state index contributed by atoms with van der Waals surface area (Å²) in [5.41, 5.74) is 1.80. The molecule has 1 aromatic heterocycles. The molecule has 3 fully saturated rings. The number of carbonyl (C=O) groups is 1. The van der Waals surface area contributed by atoms with Crippen LogP contribution in [-0.4, -0.2) is 98.8 Å². The molecular weight excluding hydrogens is 504 g/mol. The molecule has 5 rings (SSSR count). The van der Waals surface area contributed by atoms with Crippen molar-refractivity contribution in [3.8, 4) is 5.75 Å². The van der Waals surface area contributed by atoms with Gasteiger partial charge in [0.25, 0.3) is 5.91 Å². The molecule has 1 amide bonds. The minimum Gasteiger partial charge on any atom is -0.497 e. The van der Waals surface area contributed by atoms with Crippen molar-refractivity contribution in [2.75, 3.05) is 53.4 Å². The maximum Gasteiger partial charge on any atom is 0.257 e. The van der Waals surface area contributed by atoms with E-state index in [0.717, 1.165) is 65.0 Å². The summed E-state index contributed by atoms with van der Waals surface area (Å²) >= 11 is 0. The molecule has 9 nitrogen and oxygen atoms in total. The molecule has 2 aliphatic heterocycles. The van der Waals surface area contributed by atoms with Crippen molar-refractivity contribution in [2.24, 2.45) is 0 Å². The first-order valence-corrected chi connectivity index (χ1v) is 15.1. The van der Waals surface area contributed by atoms with Gasteiger partial charge < -0.3 is 19.0 Å². The number of methoxy groups -OCH3 is 1. The molecule has 1 aromatic carbocycles. The fourth-order valence-electron chi connectivity index (χ4n) is 5.86. The van der Waals surface area contributed by atoms with Crippen LogP contribution in [0.2, 0.25) is 0 Å². The number of hydrogen-bond acceptors (Lipinski definition) is 7. The number of rotatable bonds is 8. The summed E-state index contributed by atoms with van der Waals surface area (Å²) in [6.45, 7) is 9.55. The maximum atomic E-state index is 13.8. The van der Waals surface area contributed by atoms with Crippen LogP contribution in [0.5, 0.6) is 5.75 Å². The summed E-state index contributed by atoms with van der Waals surface area (Å²) in [6.07, 6.45) is 5.08. The standard InChI is InChI=1S/C28H40N4O5S/c1-20-15-25(36-4)16-21(2)27(20)38(34,35)32(24-5-6-24)18-26-17-22(19-37-26)28(33)31-9-7-23(8-10-31)30-13-11-29(3)12-14-30/h15-17,19,23-24H,5-14,18H2,1-4H3. The van der Waals surface area contributed by atoms with Gasteiger partial charge in [0.2, 0.25) is 10.0 Å². The molecule has 2 saturated heterocycles. The number of hydrogen-bond donors (Lipinski definition) is 0. The first-order chi connectivity index (χ1) is 18.2. The van der Waals surface area contributed by atoms with Crippen LogP contribution < -0.4 is 4.74 Å². The molecule has 0 atom stereocenters. The van der Waals surface area contributed by atoms with E-state index in [1.54, 1.807) is 39.2 Å². The van der Waals surface area contributed by atoms with Crippen molar-refractivity contribution < 1.29 is 22.4 Å². The van der Waals surface area contributed by atoms with Gasteiger partial charge in [0.1, 0.15) is 17.8 Å². The zero-order valence-corrected chi connectivity index (χ0v) is 23.8. The number of amides is 1. The van der Waals surface area contributed by atoms with Crippen LogP contribution in [0.1, 0.15) is 52.9 Å². The molecule has 1 aliphatic carbocycles. The Kier molecular flexibility index (Phi) is 7.86. The number of sulfonamides is 1. The molecule has 1 saturated carbocycles. The molecule has 3 heterocycles. The van der Waals surface area contributed by atoms with Crippen LogP contribution >= 0.6 is 0 Å². The first kappa shape index (κ1) is 27.2. The van der Waals surface area contributed by atoms with Gasteiger partial charge in [-0.3, -0.25) is 9.69 Å². The Labute approximate surface area is 226 Å². The number of ether oxygens (including phenoxy) is 1. The van der Waals surface area contributed by atoms with E-state index in [0.29, 0.717) is 39.1 Å². The zero-order chi connectivity index (χ0) is 27.0. The van der Waals surface area contributed by atoms with Gasteiger partial charge in [-0.25, -0.2) is 8.42 Å². The summed E-state index contributed by atoms with van der Waals surface area (Å²) < 4.78 is 40.2. The lowest BCUT2D eigenvalue weighted by Gasteiger charge is -2.42. The number of aryl methyl sites for hydroxylation is 2. The monoisotopic (exact) mass is 544 g/mol. The van der Waals surface area contributed by atoms with Crippen molar-refractivity contribution in [3.05, 3.63) is 46.9 Å². The first-order valence-electron chi connectivity index (χ1n) is 13.6. The second kappa shape index (κ2) is 11.0. The van der Waals surface area contributed by atoms with Crippen LogP contribution in [-0.2, 0) is 16.6 Å². The molecule has 10 heteroatoms. The van der Waals surface area contributed by atoms with E-state index in [2.05, 4.69) is 16.8 Å². The minimum absolute atomic E-state index is 0.0421. The average Bonchev–Trinajstić information content (AvgIpc) is 3.63. The third-order valence-electron chi connectivity index (χ3n) is 8.21. The van der Waals surface area contributed by atoms with Gasteiger partial charge in [-0.15, -0.1) is 0 Å². The highest BCUT2D eigenvalue weighted by Gasteiger charge is 2.40. The van der Waals surface area contributed by atoms with Crippen LogP contribution in [0, 0.1) is 13.8 Å². The Hall–Kier alpha value is -2.40. The Balaban J connectivity index is 1.25. The molecule has 38 heavy (non-hydrogen) atoms. The number of carbonyl (C=O) groups excluding carboxylic acids is 1. The van der Waals surface area contributed by atoms with Gasteiger partial charge in [0.05, 0.1) is 24.1 Å². The molecule has 208 valence electrons. The lowest BCUT2D eigenvalue weighted by molar-refractivity contribution is 0.0518. The second-order valence-corrected chi connectivity index (χ2v) is 12.9. The Bertz CT molecular complexity index is 1230. The summed E-state index contributed by atoms with van der Waals surface area (Å²) in [4.78, 5) is 20.4. The third-order valence-corrected chi connectivity index (χ3v) is 10.4. The SMILES string of the molecule is COc1cc(C)c(S(=O)(=O)N(Cc2cc(C(=O)N3CCC(N4CCN(C)CC4)CC3)co2)C2CC2)c(C)c1. The molecule has 2 aromatic rings. The van der Waals surface area contributed by atoms with Crippen molar-refractivity contribution >= 4 is 15.9 Å². The Morgan fingerprint density at radius 3 is 2.21 bits per heavy atom. The summed E-state index contributed by atoms with van der Waals surface area (Å²) in [6, 6.07) is 5.70. The predicted molar refractivity (Wildman–Crippen MR) is 145 cm³/mol. The van der Waals surface area contributed by atoms with Gasteiger partial charge in [-0.1, -0.05) is 0 Å². The highest BCUT2D eigenvalue weighted by Crippen LogP contribution is 2.37. The fourth-order valence-corrected chi connectivity index (χ4v) is 7.93. The number of piperidine rings is 1. The van der Waals surface area contributed by atoms with Crippen molar-refractivity contribution in [1.29, 1.82) is 0 Å². The van der Waals surface area contributed by atoms with Crippen molar-refractivity contribution in [1.82, 2.24) is 19.0 Å². The van der Waals surface area contributed by atoms with E-state index in [4.69, 9.17) is 9.15 Å². The van der Waals surface area contributed by atoms with Crippen molar-refractivity contribution in [2.45, 2.75) is 63.1 Å². The van der Waals surface area contributed by atoms with E-state index in [1.807, 2.05) is 4.90 Å².